The highest BCUT2D eigenvalue weighted by Gasteiger charge is 2.06. The standard InChI is InChI=1S/C12H8BrFN4/c13-10-2-1-9(4-11(10)14)18-12-7(5-15)3-8(16)6-17-12/h1-4,6H,16H2,(H,17,18). The number of nitrogens with two attached hydrogens (primary N) is 1. The van der Waals surface area contributed by atoms with Crippen molar-refractivity contribution in [2.24, 2.45) is 0 Å². The number of halogens is 2. The summed E-state index contributed by atoms with van der Waals surface area (Å²) in [5, 5.41) is 11.8. The van der Waals surface area contributed by atoms with Gasteiger partial charge in [0.1, 0.15) is 17.7 Å². The van der Waals surface area contributed by atoms with Crippen molar-refractivity contribution in [1.29, 1.82) is 5.26 Å². The maximum atomic E-state index is 13.3. The smallest absolute Gasteiger partial charge is 0.148 e. The summed E-state index contributed by atoms with van der Waals surface area (Å²) in [7, 11) is 0. The first-order valence-electron chi connectivity index (χ1n) is 4.98. The number of rotatable bonds is 2. The second-order valence-corrected chi connectivity index (χ2v) is 4.38. The first kappa shape index (κ1) is 12.3. The number of nitrogens with zero attached hydrogens (tertiary/aromatic N) is 2. The Hall–Kier alpha value is -2.13. The Morgan fingerprint density at radius 2 is 2.17 bits per heavy atom. The molecule has 0 aliphatic carbocycles. The third kappa shape index (κ3) is 2.57. The normalized spacial score (nSPS) is 9.83. The van der Waals surface area contributed by atoms with Crippen LogP contribution in [-0.4, -0.2) is 4.98 Å². The SMILES string of the molecule is N#Cc1cc(N)cnc1Nc1ccc(Br)c(F)c1. The van der Waals surface area contributed by atoms with Crippen molar-refractivity contribution in [3.05, 3.63) is 46.3 Å². The molecule has 0 atom stereocenters. The highest BCUT2D eigenvalue weighted by atomic mass is 79.9. The van der Waals surface area contributed by atoms with Crippen molar-refractivity contribution in [2.75, 3.05) is 11.1 Å². The molecule has 0 bridgehead atoms. The van der Waals surface area contributed by atoms with Crippen molar-refractivity contribution in [1.82, 2.24) is 4.98 Å². The van der Waals surface area contributed by atoms with Gasteiger partial charge in [0, 0.05) is 5.69 Å². The molecule has 18 heavy (non-hydrogen) atoms. The fourth-order valence-corrected chi connectivity index (χ4v) is 1.62. The highest BCUT2D eigenvalue weighted by Crippen LogP contribution is 2.23. The van der Waals surface area contributed by atoms with E-state index < -0.39 is 5.82 Å². The largest absolute Gasteiger partial charge is 0.397 e. The summed E-state index contributed by atoms with van der Waals surface area (Å²) in [6, 6.07) is 8.03. The molecule has 0 radical (unpaired) electrons. The first-order chi connectivity index (χ1) is 8.60. The molecule has 4 nitrogen and oxygen atoms in total. The van der Waals surface area contributed by atoms with Crippen molar-refractivity contribution in [2.45, 2.75) is 0 Å². The van der Waals surface area contributed by atoms with Gasteiger partial charge < -0.3 is 11.1 Å². The van der Waals surface area contributed by atoms with Crippen LogP contribution in [0.5, 0.6) is 0 Å². The number of aromatic nitrogens is 1. The van der Waals surface area contributed by atoms with Gasteiger partial charge in [0.15, 0.2) is 0 Å². The van der Waals surface area contributed by atoms with Gasteiger partial charge >= 0.3 is 0 Å². The Balaban J connectivity index is 2.34. The Labute approximate surface area is 111 Å². The predicted octanol–water partition coefficient (Wildman–Crippen LogP) is 3.18. The molecule has 2 aromatic rings. The molecule has 0 fully saturated rings. The fraction of sp³-hybridized carbons (Fsp3) is 0. The molecule has 0 spiro atoms. The maximum absolute atomic E-state index is 13.3. The number of nitriles is 1. The van der Waals surface area contributed by atoms with Crippen molar-refractivity contribution < 1.29 is 4.39 Å². The highest BCUT2D eigenvalue weighted by molar-refractivity contribution is 9.10. The minimum Gasteiger partial charge on any atom is -0.397 e. The summed E-state index contributed by atoms with van der Waals surface area (Å²) in [4.78, 5) is 4.00. The van der Waals surface area contributed by atoms with Gasteiger partial charge in [-0.05, 0) is 40.2 Å². The molecule has 1 aromatic heterocycles. The van der Waals surface area contributed by atoms with E-state index >= 15 is 0 Å². The number of nitrogen functional groups attached to an aromatic ring is 1. The van der Waals surface area contributed by atoms with E-state index in [2.05, 4.69) is 26.2 Å². The van der Waals surface area contributed by atoms with Crippen LogP contribution < -0.4 is 11.1 Å². The lowest BCUT2D eigenvalue weighted by Gasteiger charge is -2.08. The van der Waals surface area contributed by atoms with Crippen LogP contribution in [0.4, 0.5) is 21.6 Å². The van der Waals surface area contributed by atoms with Crippen molar-refractivity contribution in [3.8, 4) is 6.07 Å². The average Bonchev–Trinajstić information content (AvgIpc) is 2.36. The predicted molar refractivity (Wildman–Crippen MR) is 70.7 cm³/mol. The Bertz CT molecular complexity index is 636. The lowest BCUT2D eigenvalue weighted by Crippen LogP contribution is -1.99. The molecule has 0 unspecified atom stereocenters. The molecule has 0 saturated heterocycles. The Kier molecular flexibility index (Phi) is 3.44. The molecule has 0 aliphatic rings. The van der Waals surface area contributed by atoms with Gasteiger partial charge in [0.25, 0.3) is 0 Å². The van der Waals surface area contributed by atoms with Crippen LogP contribution >= 0.6 is 15.9 Å². The maximum Gasteiger partial charge on any atom is 0.148 e. The third-order valence-electron chi connectivity index (χ3n) is 2.21. The molecule has 90 valence electrons. The van der Waals surface area contributed by atoms with Crippen LogP contribution in [-0.2, 0) is 0 Å². The second kappa shape index (κ2) is 5.02. The van der Waals surface area contributed by atoms with Crippen molar-refractivity contribution in [3.63, 3.8) is 0 Å². The van der Waals surface area contributed by atoms with Crippen LogP contribution in [0.3, 0.4) is 0 Å². The van der Waals surface area contributed by atoms with E-state index in [4.69, 9.17) is 11.0 Å². The number of nitrogens with one attached hydrogen (secondary N) is 1. The van der Waals surface area contributed by atoms with Crippen LogP contribution in [0.15, 0.2) is 34.9 Å². The second-order valence-electron chi connectivity index (χ2n) is 3.53. The number of anilines is 3. The van der Waals surface area contributed by atoms with Gasteiger partial charge in [0.05, 0.1) is 21.9 Å². The van der Waals surface area contributed by atoms with Crippen molar-refractivity contribution >= 4 is 33.1 Å². The van der Waals surface area contributed by atoms with Crippen LogP contribution in [0, 0.1) is 17.1 Å². The topological polar surface area (TPSA) is 74.7 Å². The van der Waals surface area contributed by atoms with Gasteiger partial charge in [-0.25, -0.2) is 9.37 Å². The summed E-state index contributed by atoms with van der Waals surface area (Å²) in [6.45, 7) is 0. The summed E-state index contributed by atoms with van der Waals surface area (Å²) in [5.74, 6) is -0.0534. The Morgan fingerprint density at radius 3 is 2.83 bits per heavy atom. The number of pyridine rings is 1. The number of hydrogen-bond acceptors (Lipinski definition) is 4. The molecule has 1 heterocycles. The van der Waals surface area contributed by atoms with Gasteiger partial charge in [-0.15, -0.1) is 0 Å². The van der Waals surface area contributed by atoms with E-state index in [1.54, 1.807) is 12.1 Å². The molecule has 3 N–H and O–H groups in total. The van der Waals surface area contributed by atoms with Crippen LogP contribution in [0.2, 0.25) is 0 Å². The lowest BCUT2D eigenvalue weighted by atomic mass is 10.2. The molecule has 0 amide bonds. The van der Waals surface area contributed by atoms with Gasteiger partial charge in [-0.3, -0.25) is 0 Å². The molecule has 2 rings (SSSR count). The zero-order chi connectivity index (χ0) is 13.1. The van der Waals surface area contributed by atoms with E-state index in [9.17, 15) is 4.39 Å². The van der Waals surface area contributed by atoms with Crippen LogP contribution in [0.1, 0.15) is 5.56 Å². The molecular formula is C12H8BrFN4. The molecule has 6 heteroatoms. The zero-order valence-corrected chi connectivity index (χ0v) is 10.7. The summed E-state index contributed by atoms with van der Waals surface area (Å²) >= 11 is 3.07. The van der Waals surface area contributed by atoms with Gasteiger partial charge in [-0.2, -0.15) is 5.26 Å². The molecular weight excluding hydrogens is 299 g/mol. The third-order valence-corrected chi connectivity index (χ3v) is 2.85. The zero-order valence-electron chi connectivity index (χ0n) is 9.11. The van der Waals surface area contributed by atoms with Gasteiger partial charge in [-0.1, -0.05) is 0 Å². The van der Waals surface area contributed by atoms with E-state index in [0.717, 1.165) is 0 Å². The minimum atomic E-state index is -0.394. The molecule has 1 aromatic carbocycles. The average molecular weight is 307 g/mol. The quantitative estimate of drug-likeness (QED) is 0.893. The van der Waals surface area contributed by atoms with Gasteiger partial charge in [0.2, 0.25) is 0 Å². The summed E-state index contributed by atoms with van der Waals surface area (Å²) in [5.41, 5.74) is 6.74. The number of hydrogen-bond donors (Lipinski definition) is 2. The fourth-order valence-electron chi connectivity index (χ4n) is 1.38. The monoisotopic (exact) mass is 306 g/mol. The first-order valence-corrected chi connectivity index (χ1v) is 5.77. The molecule has 0 aliphatic heterocycles. The van der Waals surface area contributed by atoms with E-state index in [1.165, 1.54) is 18.3 Å². The summed E-state index contributed by atoms with van der Waals surface area (Å²) < 4.78 is 13.7. The van der Waals surface area contributed by atoms with E-state index in [-0.39, 0.29) is 0 Å². The van der Waals surface area contributed by atoms with Crippen LogP contribution in [0.25, 0.3) is 0 Å². The molecule has 0 saturated carbocycles. The Morgan fingerprint density at radius 1 is 1.39 bits per heavy atom. The van der Waals surface area contributed by atoms with E-state index in [1.807, 2.05) is 6.07 Å². The lowest BCUT2D eigenvalue weighted by molar-refractivity contribution is 0.622. The number of benzene rings is 1. The van der Waals surface area contributed by atoms with E-state index in [0.29, 0.717) is 27.2 Å². The summed E-state index contributed by atoms with van der Waals surface area (Å²) in [6.07, 6.45) is 1.43. The minimum absolute atomic E-state index is 0.304.